The van der Waals surface area contributed by atoms with Crippen molar-refractivity contribution in [1.82, 2.24) is 10.2 Å². The fourth-order valence-electron chi connectivity index (χ4n) is 2.53. The highest BCUT2D eigenvalue weighted by Crippen LogP contribution is 2.25. The lowest BCUT2D eigenvalue weighted by atomic mass is 10.1. The molecule has 0 aliphatic carbocycles. The third-order valence-electron chi connectivity index (χ3n) is 3.57. The van der Waals surface area contributed by atoms with Gasteiger partial charge < -0.3 is 14.5 Å². The minimum Gasteiger partial charge on any atom is -0.435 e. The van der Waals surface area contributed by atoms with Gasteiger partial charge in [-0.25, -0.2) is 0 Å². The van der Waals surface area contributed by atoms with E-state index < -0.39 is 6.61 Å². The first-order valence-electron chi connectivity index (χ1n) is 8.29. The van der Waals surface area contributed by atoms with Gasteiger partial charge in [0.2, 0.25) is 11.8 Å². The van der Waals surface area contributed by atoms with Gasteiger partial charge in [0.1, 0.15) is 5.75 Å². The zero-order valence-corrected chi connectivity index (χ0v) is 15.9. The molecule has 1 amide bonds. The van der Waals surface area contributed by atoms with Crippen molar-refractivity contribution < 1.29 is 22.7 Å². The molecule has 0 fully saturated rings. The summed E-state index contributed by atoms with van der Waals surface area (Å²) >= 11 is 1.11. The number of carbonyl (C=O) groups excluding carboxylic acids is 1. The molecule has 0 unspecified atom stereocenters. The number of nitrogens with zero attached hydrogens (tertiary/aromatic N) is 2. The van der Waals surface area contributed by atoms with Crippen LogP contribution >= 0.6 is 11.8 Å². The normalized spacial score (nSPS) is 10.9. The maximum Gasteiger partial charge on any atom is 0.387 e. The SMILES string of the molecule is Cc1cc(C)cc(-c2nnc(SCC(=O)Nc3ccc(OC(F)F)cc3)o2)c1. The molecule has 28 heavy (non-hydrogen) atoms. The molecule has 3 rings (SSSR count). The Kier molecular flexibility index (Phi) is 6.25. The van der Waals surface area contributed by atoms with Crippen LogP contribution in [0.2, 0.25) is 0 Å². The highest BCUT2D eigenvalue weighted by molar-refractivity contribution is 7.99. The lowest BCUT2D eigenvalue weighted by Gasteiger charge is -2.07. The summed E-state index contributed by atoms with van der Waals surface area (Å²) in [6.07, 6.45) is 0. The van der Waals surface area contributed by atoms with Crippen LogP contribution < -0.4 is 10.1 Å². The number of nitrogens with one attached hydrogen (secondary N) is 1. The zero-order chi connectivity index (χ0) is 20.1. The summed E-state index contributed by atoms with van der Waals surface area (Å²) < 4.78 is 34.1. The molecule has 0 spiro atoms. The van der Waals surface area contributed by atoms with E-state index in [1.807, 2.05) is 32.0 Å². The molecule has 0 radical (unpaired) electrons. The number of carbonyl (C=O) groups is 1. The molecule has 1 heterocycles. The van der Waals surface area contributed by atoms with Crippen LogP contribution in [0, 0.1) is 13.8 Å². The first-order chi connectivity index (χ1) is 13.4. The third kappa shape index (κ3) is 5.53. The first kappa shape index (κ1) is 19.8. The number of aryl methyl sites for hydroxylation is 2. The van der Waals surface area contributed by atoms with Gasteiger partial charge in [0, 0.05) is 11.3 Å². The number of ether oxygens (including phenoxy) is 1. The fourth-order valence-corrected chi connectivity index (χ4v) is 3.09. The number of thioether (sulfide) groups is 1. The molecular weight excluding hydrogens is 388 g/mol. The van der Waals surface area contributed by atoms with Gasteiger partial charge in [-0.15, -0.1) is 10.2 Å². The molecule has 1 aromatic heterocycles. The summed E-state index contributed by atoms with van der Waals surface area (Å²) in [6.45, 7) is 1.08. The number of hydrogen-bond donors (Lipinski definition) is 1. The van der Waals surface area contributed by atoms with Crippen LogP contribution in [0.3, 0.4) is 0 Å². The number of aromatic nitrogens is 2. The molecule has 0 saturated carbocycles. The van der Waals surface area contributed by atoms with E-state index in [9.17, 15) is 13.6 Å². The number of halogens is 2. The van der Waals surface area contributed by atoms with Crippen molar-refractivity contribution in [3.05, 3.63) is 53.6 Å². The van der Waals surface area contributed by atoms with Gasteiger partial charge >= 0.3 is 6.61 Å². The fraction of sp³-hybridized carbons (Fsp3) is 0.211. The van der Waals surface area contributed by atoms with Crippen molar-refractivity contribution in [3.8, 4) is 17.2 Å². The number of benzene rings is 2. The predicted molar refractivity (Wildman–Crippen MR) is 102 cm³/mol. The highest BCUT2D eigenvalue weighted by atomic mass is 32.2. The minimum atomic E-state index is -2.89. The molecule has 0 aliphatic rings. The Morgan fingerprint density at radius 3 is 2.46 bits per heavy atom. The Bertz CT molecular complexity index is 941. The Labute approximate surface area is 164 Å². The van der Waals surface area contributed by atoms with Crippen LogP contribution in [0.15, 0.2) is 52.1 Å². The molecule has 146 valence electrons. The smallest absolute Gasteiger partial charge is 0.387 e. The van der Waals surface area contributed by atoms with E-state index in [1.54, 1.807) is 0 Å². The number of alkyl halides is 2. The lowest BCUT2D eigenvalue weighted by Crippen LogP contribution is -2.14. The second-order valence-corrected chi connectivity index (χ2v) is 6.92. The van der Waals surface area contributed by atoms with Crippen molar-refractivity contribution in [2.24, 2.45) is 0 Å². The van der Waals surface area contributed by atoms with Crippen LogP contribution in [-0.2, 0) is 4.79 Å². The quantitative estimate of drug-likeness (QED) is 0.575. The van der Waals surface area contributed by atoms with Gasteiger partial charge in [-0.1, -0.05) is 29.0 Å². The predicted octanol–water partition coefficient (Wildman–Crippen LogP) is 4.69. The van der Waals surface area contributed by atoms with Gasteiger partial charge in [-0.2, -0.15) is 8.78 Å². The standard InChI is InChI=1S/C19H17F2N3O3S/c1-11-7-12(2)9-13(8-11)17-23-24-19(27-17)28-10-16(25)22-14-3-5-15(6-4-14)26-18(20)21/h3-9,18H,10H2,1-2H3,(H,22,25). The summed E-state index contributed by atoms with van der Waals surface area (Å²) in [6, 6.07) is 11.6. The second kappa shape index (κ2) is 8.83. The molecule has 0 saturated heterocycles. The summed E-state index contributed by atoms with van der Waals surface area (Å²) in [5.74, 6) is 0.180. The Hall–Kier alpha value is -2.94. The molecule has 3 aromatic rings. The maximum atomic E-state index is 12.1. The highest BCUT2D eigenvalue weighted by Gasteiger charge is 2.12. The van der Waals surface area contributed by atoms with E-state index in [2.05, 4.69) is 20.3 Å². The molecule has 9 heteroatoms. The summed E-state index contributed by atoms with van der Waals surface area (Å²) in [5.41, 5.74) is 3.47. The number of rotatable bonds is 7. The summed E-state index contributed by atoms with van der Waals surface area (Å²) in [7, 11) is 0. The molecule has 0 atom stereocenters. The number of amides is 1. The monoisotopic (exact) mass is 405 g/mol. The number of hydrogen-bond acceptors (Lipinski definition) is 6. The van der Waals surface area contributed by atoms with Crippen LogP contribution in [-0.4, -0.2) is 28.5 Å². The largest absolute Gasteiger partial charge is 0.435 e. The second-order valence-electron chi connectivity index (χ2n) is 5.99. The van der Waals surface area contributed by atoms with E-state index in [1.165, 1.54) is 24.3 Å². The Morgan fingerprint density at radius 1 is 1.14 bits per heavy atom. The summed E-state index contributed by atoms with van der Waals surface area (Å²) in [4.78, 5) is 12.0. The molecule has 0 bridgehead atoms. The maximum absolute atomic E-state index is 12.1. The van der Waals surface area contributed by atoms with Crippen LogP contribution in [0.4, 0.5) is 14.5 Å². The topological polar surface area (TPSA) is 77.2 Å². The van der Waals surface area contributed by atoms with Crippen molar-refractivity contribution in [2.75, 3.05) is 11.1 Å². The first-order valence-corrected chi connectivity index (χ1v) is 9.27. The third-order valence-corrected chi connectivity index (χ3v) is 4.38. The minimum absolute atomic E-state index is 0.0205. The van der Waals surface area contributed by atoms with E-state index in [0.29, 0.717) is 11.6 Å². The van der Waals surface area contributed by atoms with E-state index in [-0.39, 0.29) is 22.6 Å². The van der Waals surface area contributed by atoms with E-state index >= 15 is 0 Å². The lowest BCUT2D eigenvalue weighted by molar-refractivity contribution is -0.113. The average Bonchev–Trinajstić information content (AvgIpc) is 3.09. The van der Waals surface area contributed by atoms with Gasteiger partial charge in [-0.05, 0) is 50.2 Å². The molecule has 6 nitrogen and oxygen atoms in total. The molecule has 0 aliphatic heterocycles. The average molecular weight is 405 g/mol. The Balaban J connectivity index is 1.54. The number of anilines is 1. The van der Waals surface area contributed by atoms with Gasteiger partial charge in [-0.3, -0.25) is 4.79 Å². The van der Waals surface area contributed by atoms with Crippen molar-refractivity contribution in [3.63, 3.8) is 0 Å². The molecule has 1 N–H and O–H groups in total. The van der Waals surface area contributed by atoms with Crippen molar-refractivity contribution in [2.45, 2.75) is 25.7 Å². The van der Waals surface area contributed by atoms with Gasteiger partial charge in [0.15, 0.2) is 0 Å². The van der Waals surface area contributed by atoms with E-state index in [4.69, 9.17) is 4.42 Å². The Morgan fingerprint density at radius 2 is 1.82 bits per heavy atom. The molecule has 2 aromatic carbocycles. The molecular formula is C19H17F2N3O3S. The van der Waals surface area contributed by atoms with Gasteiger partial charge in [0.05, 0.1) is 5.75 Å². The van der Waals surface area contributed by atoms with Crippen LogP contribution in [0.1, 0.15) is 11.1 Å². The van der Waals surface area contributed by atoms with E-state index in [0.717, 1.165) is 28.5 Å². The van der Waals surface area contributed by atoms with Crippen molar-refractivity contribution in [1.29, 1.82) is 0 Å². The van der Waals surface area contributed by atoms with Crippen LogP contribution in [0.5, 0.6) is 5.75 Å². The zero-order valence-electron chi connectivity index (χ0n) is 15.1. The van der Waals surface area contributed by atoms with Crippen molar-refractivity contribution >= 4 is 23.4 Å². The summed E-state index contributed by atoms with van der Waals surface area (Å²) in [5, 5.41) is 10.9. The van der Waals surface area contributed by atoms with Gasteiger partial charge in [0.25, 0.3) is 5.22 Å². The van der Waals surface area contributed by atoms with Crippen LogP contribution in [0.25, 0.3) is 11.5 Å².